The molecule has 0 aliphatic rings. The third kappa shape index (κ3) is 4.21. The number of nitrogens with zero attached hydrogens (tertiary/aromatic N) is 3. The van der Waals surface area contributed by atoms with E-state index < -0.39 is 0 Å². The van der Waals surface area contributed by atoms with Crippen LogP contribution in [0.1, 0.15) is 24.3 Å². The van der Waals surface area contributed by atoms with Crippen molar-refractivity contribution in [3.05, 3.63) is 56.6 Å². The molecule has 0 spiro atoms. The molecule has 8 heteroatoms. The topological polar surface area (TPSA) is 76.9 Å². The van der Waals surface area contributed by atoms with Gasteiger partial charge in [-0.25, -0.2) is 9.67 Å². The highest BCUT2D eigenvalue weighted by Gasteiger charge is 2.20. The van der Waals surface area contributed by atoms with Gasteiger partial charge in [-0.15, -0.1) is 22.7 Å². The van der Waals surface area contributed by atoms with Crippen molar-refractivity contribution in [3.8, 4) is 10.6 Å². The largest absolute Gasteiger partial charge is 0.346 e. The van der Waals surface area contributed by atoms with Crippen LogP contribution in [-0.2, 0) is 6.54 Å². The quantitative estimate of drug-likeness (QED) is 0.720. The van der Waals surface area contributed by atoms with Gasteiger partial charge in [0, 0.05) is 11.4 Å². The predicted molar refractivity (Wildman–Crippen MR) is 100 cm³/mol. The zero-order valence-corrected chi connectivity index (χ0v) is 15.5. The lowest BCUT2D eigenvalue weighted by Crippen LogP contribution is -2.44. The van der Waals surface area contributed by atoms with E-state index in [4.69, 9.17) is 0 Å². The van der Waals surface area contributed by atoms with Crippen LogP contribution < -0.4 is 10.9 Å². The second-order valence-electron chi connectivity index (χ2n) is 5.91. The highest BCUT2D eigenvalue weighted by atomic mass is 32.1. The third-order valence-corrected chi connectivity index (χ3v) is 5.27. The lowest BCUT2D eigenvalue weighted by atomic mass is 10.0. The number of amides is 1. The summed E-state index contributed by atoms with van der Waals surface area (Å²) in [5.74, 6) is -0.0934. The van der Waals surface area contributed by atoms with Crippen molar-refractivity contribution in [1.29, 1.82) is 0 Å². The van der Waals surface area contributed by atoms with Gasteiger partial charge in [0.2, 0.25) is 0 Å². The summed E-state index contributed by atoms with van der Waals surface area (Å²) < 4.78 is 1.42. The van der Waals surface area contributed by atoms with Crippen LogP contribution in [0, 0.1) is 5.92 Å². The van der Waals surface area contributed by atoms with Gasteiger partial charge in [0.15, 0.2) is 0 Å². The van der Waals surface area contributed by atoms with Crippen molar-refractivity contribution in [2.45, 2.75) is 26.4 Å². The summed E-state index contributed by atoms with van der Waals surface area (Å²) in [7, 11) is 0. The smallest absolute Gasteiger partial charge is 0.271 e. The summed E-state index contributed by atoms with van der Waals surface area (Å²) in [6, 6.07) is 6.93. The molecule has 0 aromatic carbocycles. The zero-order valence-electron chi connectivity index (χ0n) is 13.9. The first-order valence-electron chi connectivity index (χ1n) is 7.85. The Labute approximate surface area is 153 Å². The van der Waals surface area contributed by atoms with Gasteiger partial charge in [0.05, 0.1) is 23.0 Å². The first-order chi connectivity index (χ1) is 12.0. The number of aromatic nitrogens is 3. The third-order valence-electron chi connectivity index (χ3n) is 3.80. The fourth-order valence-electron chi connectivity index (χ4n) is 2.31. The van der Waals surface area contributed by atoms with Gasteiger partial charge in [0.25, 0.3) is 11.5 Å². The van der Waals surface area contributed by atoms with Crippen molar-refractivity contribution >= 4 is 28.6 Å². The average molecular weight is 374 g/mol. The maximum Gasteiger partial charge on any atom is 0.271 e. The fourth-order valence-corrected chi connectivity index (χ4v) is 3.53. The molecule has 0 aliphatic carbocycles. The maximum absolute atomic E-state index is 12.3. The molecule has 0 aliphatic heterocycles. The van der Waals surface area contributed by atoms with Gasteiger partial charge >= 0.3 is 0 Å². The van der Waals surface area contributed by atoms with Gasteiger partial charge in [0.1, 0.15) is 11.4 Å². The van der Waals surface area contributed by atoms with E-state index in [1.54, 1.807) is 28.3 Å². The van der Waals surface area contributed by atoms with Gasteiger partial charge < -0.3 is 5.32 Å². The second kappa shape index (κ2) is 7.71. The summed E-state index contributed by atoms with van der Waals surface area (Å²) in [5.41, 5.74) is 2.58. The normalized spacial score (nSPS) is 12.3. The minimum atomic E-state index is -0.234. The van der Waals surface area contributed by atoms with Crippen LogP contribution in [0.3, 0.4) is 0 Å². The number of carbonyl (C=O) groups excluding carboxylic acids is 1. The number of nitrogens with one attached hydrogen (secondary N) is 1. The van der Waals surface area contributed by atoms with E-state index in [0.717, 1.165) is 10.6 Å². The molecule has 25 heavy (non-hydrogen) atoms. The molecule has 3 aromatic heterocycles. The summed E-state index contributed by atoms with van der Waals surface area (Å²) in [6.45, 7) is 4.31. The van der Waals surface area contributed by atoms with Crippen LogP contribution in [-0.4, -0.2) is 26.7 Å². The monoisotopic (exact) mass is 374 g/mol. The molecule has 0 radical (unpaired) electrons. The molecular weight excluding hydrogens is 356 g/mol. The number of rotatable bonds is 6. The Morgan fingerprint density at radius 1 is 1.32 bits per heavy atom. The summed E-state index contributed by atoms with van der Waals surface area (Å²) in [5, 5.41) is 11.1. The SMILES string of the molecule is CC(C)[C@H](Cn1nc(-c2cccs2)ccc1=O)NC(=O)c1cscn1. The minimum Gasteiger partial charge on any atom is -0.346 e. The Bertz CT molecular complexity index is 886. The van der Waals surface area contributed by atoms with Crippen LogP contribution in [0.15, 0.2) is 45.3 Å². The van der Waals surface area contributed by atoms with Gasteiger partial charge in [-0.3, -0.25) is 9.59 Å². The van der Waals surface area contributed by atoms with Crippen LogP contribution in [0.25, 0.3) is 10.6 Å². The molecule has 6 nitrogen and oxygen atoms in total. The molecule has 3 heterocycles. The minimum absolute atomic E-state index is 0.140. The summed E-state index contributed by atoms with van der Waals surface area (Å²) in [4.78, 5) is 29.5. The molecular formula is C17H18N4O2S2. The molecule has 1 atom stereocenters. The van der Waals surface area contributed by atoms with Gasteiger partial charge in [-0.05, 0) is 23.4 Å². The molecule has 1 amide bonds. The number of thiophene rings is 1. The molecule has 130 valence electrons. The molecule has 0 saturated carbocycles. The van der Waals surface area contributed by atoms with E-state index in [1.165, 1.54) is 22.1 Å². The molecule has 0 bridgehead atoms. The zero-order chi connectivity index (χ0) is 17.8. The lowest BCUT2D eigenvalue weighted by molar-refractivity contribution is 0.0914. The number of carbonyl (C=O) groups is 1. The first kappa shape index (κ1) is 17.5. The van der Waals surface area contributed by atoms with Crippen LogP contribution in [0.2, 0.25) is 0 Å². The molecule has 3 aromatic rings. The standard InChI is InChI=1S/C17H18N4O2S2/c1-11(2)13(19-17(23)14-9-24-10-18-14)8-21-16(22)6-5-12(20-21)15-4-3-7-25-15/h3-7,9-11,13H,8H2,1-2H3,(H,19,23)/t13-/m0/s1. The number of hydrogen-bond acceptors (Lipinski definition) is 6. The van der Waals surface area contributed by atoms with E-state index in [0.29, 0.717) is 12.2 Å². The number of thiazole rings is 1. The van der Waals surface area contributed by atoms with E-state index in [-0.39, 0.29) is 23.4 Å². The summed E-state index contributed by atoms with van der Waals surface area (Å²) in [6.07, 6.45) is 0. The van der Waals surface area contributed by atoms with Gasteiger partial charge in [-0.1, -0.05) is 19.9 Å². The van der Waals surface area contributed by atoms with Crippen molar-refractivity contribution in [1.82, 2.24) is 20.1 Å². The Morgan fingerprint density at radius 3 is 2.80 bits per heavy atom. The van der Waals surface area contributed by atoms with Crippen molar-refractivity contribution < 1.29 is 4.79 Å². The Morgan fingerprint density at radius 2 is 2.16 bits per heavy atom. The van der Waals surface area contributed by atoms with E-state index in [1.807, 2.05) is 31.4 Å². The lowest BCUT2D eigenvalue weighted by Gasteiger charge is -2.22. The van der Waals surface area contributed by atoms with Crippen LogP contribution in [0.4, 0.5) is 0 Å². The van der Waals surface area contributed by atoms with E-state index in [9.17, 15) is 9.59 Å². The van der Waals surface area contributed by atoms with Gasteiger partial charge in [-0.2, -0.15) is 5.10 Å². The number of hydrogen-bond donors (Lipinski definition) is 1. The first-order valence-corrected chi connectivity index (χ1v) is 9.68. The highest BCUT2D eigenvalue weighted by molar-refractivity contribution is 7.13. The molecule has 0 fully saturated rings. The fraction of sp³-hybridized carbons (Fsp3) is 0.294. The van der Waals surface area contributed by atoms with Crippen molar-refractivity contribution in [3.63, 3.8) is 0 Å². The van der Waals surface area contributed by atoms with Crippen LogP contribution >= 0.6 is 22.7 Å². The molecule has 1 N–H and O–H groups in total. The molecule has 3 rings (SSSR count). The predicted octanol–water partition coefficient (Wildman–Crippen LogP) is 2.88. The van der Waals surface area contributed by atoms with Crippen molar-refractivity contribution in [2.24, 2.45) is 5.92 Å². The Kier molecular flexibility index (Phi) is 5.40. The Hall–Kier alpha value is -2.32. The van der Waals surface area contributed by atoms with E-state index in [2.05, 4.69) is 15.4 Å². The summed E-state index contributed by atoms with van der Waals surface area (Å²) >= 11 is 2.94. The Balaban J connectivity index is 1.81. The second-order valence-corrected chi connectivity index (χ2v) is 7.58. The molecule has 0 saturated heterocycles. The molecule has 0 unspecified atom stereocenters. The highest BCUT2D eigenvalue weighted by Crippen LogP contribution is 2.21. The van der Waals surface area contributed by atoms with E-state index >= 15 is 0 Å². The maximum atomic E-state index is 12.3. The average Bonchev–Trinajstić information content (AvgIpc) is 3.29. The van der Waals surface area contributed by atoms with Crippen molar-refractivity contribution in [2.75, 3.05) is 0 Å². The van der Waals surface area contributed by atoms with Crippen LogP contribution in [0.5, 0.6) is 0 Å².